The van der Waals surface area contributed by atoms with Crippen molar-refractivity contribution in [3.05, 3.63) is 0 Å². The number of hydrogen-bond acceptors (Lipinski definition) is 16. The fourth-order valence-electron chi connectivity index (χ4n) is 12.1. The van der Waals surface area contributed by atoms with E-state index in [0.29, 0.717) is 88.7 Å². The molecule has 0 spiro atoms. The zero-order valence-corrected chi connectivity index (χ0v) is 65.7. The third-order valence-electron chi connectivity index (χ3n) is 18.5. The molecule has 18 heteroatoms. The molecule has 0 radical (unpaired) electrons. The maximum Gasteiger partial charge on any atom is 0.307 e. The number of piperazine rings is 1. The Morgan fingerprint density at radius 1 is 0.281 bits per heavy atom. The second-order valence-corrected chi connectivity index (χ2v) is 32.7. The minimum Gasteiger partial charge on any atom is -0.466 e. The monoisotopic (exact) mass is 1430 g/mol. The lowest BCUT2D eigenvalue weighted by Crippen LogP contribution is -2.63. The maximum absolute atomic E-state index is 13.3. The lowest BCUT2D eigenvalue weighted by molar-refractivity contribution is -0.146. The maximum atomic E-state index is 13.3. The minimum absolute atomic E-state index is 0.202. The van der Waals surface area contributed by atoms with Crippen LogP contribution in [0.25, 0.3) is 0 Å². The Labute approximate surface area is 605 Å². The summed E-state index contributed by atoms with van der Waals surface area (Å²) in [6.07, 6.45) is 61.2. The lowest BCUT2D eigenvalue weighted by atomic mass is 10.1. The fourth-order valence-corrected chi connectivity index (χ4v) is 16.5. The fraction of sp³-hybridized carbons (Fsp3) is 0.923. The van der Waals surface area contributed by atoms with Crippen LogP contribution in [0.1, 0.15) is 362 Å². The molecule has 0 bridgehead atoms. The summed E-state index contributed by atoms with van der Waals surface area (Å²) >= 11 is 0. The van der Waals surface area contributed by atoms with Crippen LogP contribution < -0.4 is 10.6 Å². The summed E-state index contributed by atoms with van der Waals surface area (Å²) in [6, 6.07) is -1.30. The molecule has 0 saturated carbocycles. The van der Waals surface area contributed by atoms with Crippen LogP contribution in [0.15, 0.2) is 0 Å². The van der Waals surface area contributed by atoms with Gasteiger partial charge in [0, 0.05) is 62.3 Å². The Bertz CT molecular complexity index is 1580. The van der Waals surface area contributed by atoms with E-state index in [1.165, 1.54) is 278 Å². The first-order valence-electron chi connectivity index (χ1n) is 40.3. The topological polar surface area (TPSA) is 170 Å². The summed E-state index contributed by atoms with van der Waals surface area (Å²) in [4.78, 5) is 82.4. The first-order valence-corrected chi connectivity index (χ1v) is 45.3. The Balaban J connectivity index is 2.57. The number of ether oxygens (including phenoxy) is 4. The van der Waals surface area contributed by atoms with Gasteiger partial charge < -0.3 is 39.4 Å². The first-order chi connectivity index (χ1) is 47.1. The predicted octanol–water partition coefficient (Wildman–Crippen LogP) is 20.9. The van der Waals surface area contributed by atoms with Crippen LogP contribution in [0.4, 0.5) is 0 Å². The van der Waals surface area contributed by atoms with E-state index in [4.69, 9.17) is 18.9 Å². The van der Waals surface area contributed by atoms with E-state index in [2.05, 4.69) is 48.1 Å². The number of unbranched alkanes of at least 4 members (excludes halogenated alkanes) is 44. The van der Waals surface area contributed by atoms with Gasteiger partial charge in [0.05, 0.1) is 52.1 Å². The number of amides is 2. The Morgan fingerprint density at radius 2 is 0.469 bits per heavy atom. The molecule has 0 aromatic heterocycles. The van der Waals surface area contributed by atoms with Gasteiger partial charge in [0.1, 0.15) is 12.1 Å². The van der Waals surface area contributed by atoms with Gasteiger partial charge in [0.15, 0.2) is 0 Å². The number of carbonyl (C=O) groups excluding carboxylic acids is 6. The van der Waals surface area contributed by atoms with Gasteiger partial charge in [0.25, 0.3) is 0 Å². The SMILES string of the molecule is CCCCCCCCCCCCCCOC(=O)CCN(CCSSCC1NC(=O)C(CSSCCN(CCC(=O)OCCCCCCCCCCCCCC)CCC(=O)OCCCCCCCCCCCCCC)NC1=O)CCC(=O)OCCCCCCCCCCCCCC. The highest BCUT2D eigenvalue weighted by Gasteiger charge is 2.33. The largest absolute Gasteiger partial charge is 0.466 e. The molecule has 2 unspecified atom stereocenters. The van der Waals surface area contributed by atoms with Crippen LogP contribution in [0.3, 0.4) is 0 Å². The minimum atomic E-state index is -0.652. The van der Waals surface area contributed by atoms with Crippen LogP contribution >= 0.6 is 43.2 Å². The zero-order chi connectivity index (χ0) is 69.5. The average Bonchev–Trinajstić information content (AvgIpc) is 0.904. The Morgan fingerprint density at radius 3 is 0.667 bits per heavy atom. The smallest absolute Gasteiger partial charge is 0.307 e. The van der Waals surface area contributed by atoms with Gasteiger partial charge in [-0.1, -0.05) is 353 Å². The van der Waals surface area contributed by atoms with E-state index in [1.807, 2.05) is 0 Å². The van der Waals surface area contributed by atoms with E-state index in [9.17, 15) is 28.8 Å². The summed E-state index contributed by atoms with van der Waals surface area (Å²) < 4.78 is 22.6. The van der Waals surface area contributed by atoms with E-state index in [-0.39, 0.29) is 61.4 Å². The third kappa shape index (κ3) is 63.1. The average molecular weight is 1430 g/mol. The second kappa shape index (κ2) is 72.9. The molecule has 2 N–H and O–H groups in total. The molecule has 1 aliphatic rings. The third-order valence-corrected chi connectivity index (χ3v) is 23.2. The van der Waals surface area contributed by atoms with Crippen LogP contribution in [0.2, 0.25) is 0 Å². The van der Waals surface area contributed by atoms with Crippen molar-refractivity contribution in [2.24, 2.45) is 0 Å². The summed E-state index contributed by atoms with van der Waals surface area (Å²) in [7, 11) is 6.28. The van der Waals surface area contributed by atoms with Gasteiger partial charge in [0.2, 0.25) is 11.8 Å². The normalized spacial score (nSPS) is 14.0. The molecule has 1 heterocycles. The van der Waals surface area contributed by atoms with Crippen LogP contribution in [-0.2, 0) is 47.7 Å². The predicted molar refractivity (Wildman–Crippen MR) is 413 cm³/mol. The molecule has 1 rings (SSSR count). The molecule has 0 aromatic carbocycles. The molecule has 96 heavy (non-hydrogen) atoms. The van der Waals surface area contributed by atoms with Crippen molar-refractivity contribution in [1.82, 2.24) is 20.4 Å². The number of esters is 4. The number of nitrogens with zero attached hydrogens (tertiary/aromatic N) is 2. The van der Waals surface area contributed by atoms with Gasteiger partial charge >= 0.3 is 23.9 Å². The van der Waals surface area contributed by atoms with Crippen molar-refractivity contribution in [1.29, 1.82) is 0 Å². The van der Waals surface area contributed by atoms with Gasteiger partial charge in [-0.25, -0.2) is 0 Å². The summed E-state index contributed by atoms with van der Waals surface area (Å²) in [6.45, 7) is 14.0. The van der Waals surface area contributed by atoms with Crippen LogP contribution in [0.5, 0.6) is 0 Å². The van der Waals surface area contributed by atoms with Crippen molar-refractivity contribution >= 4 is 78.9 Å². The highest BCUT2D eigenvalue weighted by molar-refractivity contribution is 8.77. The van der Waals surface area contributed by atoms with E-state index < -0.39 is 12.1 Å². The summed E-state index contributed by atoms with van der Waals surface area (Å²) in [5, 5.41) is 5.90. The summed E-state index contributed by atoms with van der Waals surface area (Å²) in [5.41, 5.74) is 0. The highest BCUT2D eigenvalue weighted by atomic mass is 33.1. The van der Waals surface area contributed by atoms with Crippen LogP contribution in [-0.4, -0.2) is 146 Å². The van der Waals surface area contributed by atoms with Gasteiger partial charge in [-0.05, 0) is 25.7 Å². The molecule has 1 saturated heterocycles. The molecule has 1 aliphatic heterocycles. The number of hydrogen-bond donors (Lipinski definition) is 2. The van der Waals surface area contributed by atoms with Crippen molar-refractivity contribution in [2.45, 2.75) is 374 Å². The molecule has 2 atom stereocenters. The van der Waals surface area contributed by atoms with E-state index in [1.54, 1.807) is 21.6 Å². The van der Waals surface area contributed by atoms with Crippen molar-refractivity contribution in [3.8, 4) is 0 Å². The number of nitrogens with one attached hydrogen (secondary N) is 2. The molecular weight excluding hydrogens is 1280 g/mol. The van der Waals surface area contributed by atoms with Gasteiger partial charge in [-0.3, -0.25) is 28.8 Å². The highest BCUT2D eigenvalue weighted by Crippen LogP contribution is 2.26. The van der Waals surface area contributed by atoms with Gasteiger partial charge in [-0.2, -0.15) is 0 Å². The zero-order valence-electron chi connectivity index (χ0n) is 62.4. The van der Waals surface area contributed by atoms with E-state index >= 15 is 0 Å². The number of rotatable bonds is 76. The first kappa shape index (κ1) is 92.2. The molecular formula is C78H148N4O10S4. The Hall–Kier alpha value is -1.86. The second-order valence-electron chi connectivity index (χ2n) is 27.5. The molecule has 14 nitrogen and oxygen atoms in total. The molecule has 0 aliphatic carbocycles. The standard InChI is InChI=1S/C78H148N4O10S4/c1-5-9-13-17-21-25-29-33-37-41-45-49-63-89-73(83)53-57-81(58-54-74(84)90-64-50-46-42-38-34-30-26-22-18-14-10-6-2)61-67-93-95-69-71-77(87)80-72(78(88)79-71)70-96-94-68-62-82(59-55-75(85)91-65-51-47-43-39-35-31-27-23-19-15-11-7-3)60-56-76(86)92-66-52-48-44-40-36-32-28-24-20-16-12-8-4/h71-72H,5-70H2,1-4H3,(H,79,88)(H,80,87). The Kier molecular flexibility index (Phi) is 70.0. The molecule has 2 amide bonds. The lowest BCUT2D eigenvalue weighted by Gasteiger charge is -2.29. The molecule has 564 valence electrons. The van der Waals surface area contributed by atoms with Crippen molar-refractivity contribution < 1.29 is 47.7 Å². The molecule has 1 fully saturated rings. The van der Waals surface area contributed by atoms with Crippen LogP contribution in [0, 0.1) is 0 Å². The summed E-state index contributed by atoms with van der Waals surface area (Å²) in [5.74, 6) is 0.971. The van der Waals surface area contributed by atoms with Crippen molar-refractivity contribution in [3.63, 3.8) is 0 Å². The van der Waals surface area contributed by atoms with Crippen molar-refractivity contribution in [2.75, 3.05) is 88.7 Å². The van der Waals surface area contributed by atoms with E-state index in [0.717, 1.165) is 51.4 Å². The van der Waals surface area contributed by atoms with Gasteiger partial charge in [-0.15, -0.1) is 0 Å². The molecule has 0 aromatic rings. The quantitative estimate of drug-likeness (QED) is 0.0255. The number of carbonyl (C=O) groups is 6.